The molecule has 0 aliphatic heterocycles. The number of ether oxygens (including phenoxy) is 1. The van der Waals surface area contributed by atoms with Gasteiger partial charge in [-0.05, 0) is 48.5 Å². The van der Waals surface area contributed by atoms with Crippen molar-refractivity contribution in [2.45, 2.75) is 6.61 Å². The fourth-order valence-corrected chi connectivity index (χ4v) is 3.49. The Morgan fingerprint density at radius 2 is 1.77 bits per heavy atom. The van der Waals surface area contributed by atoms with E-state index in [4.69, 9.17) is 4.74 Å². The summed E-state index contributed by atoms with van der Waals surface area (Å²) in [5.74, 6) is 1.54. The molecule has 0 unspecified atom stereocenters. The first-order valence-electron chi connectivity index (χ1n) is 7.97. The fourth-order valence-electron chi connectivity index (χ4n) is 2.48. The van der Waals surface area contributed by atoms with E-state index in [0.29, 0.717) is 6.61 Å². The lowest BCUT2D eigenvalue weighted by Gasteiger charge is -2.12. The molecule has 0 saturated carbocycles. The van der Waals surface area contributed by atoms with Crippen LogP contribution in [0.4, 0.5) is 5.69 Å². The van der Waals surface area contributed by atoms with Crippen molar-refractivity contribution in [3.63, 3.8) is 0 Å². The summed E-state index contributed by atoms with van der Waals surface area (Å²) in [4.78, 5) is 2.81. The molecule has 4 aromatic rings. The summed E-state index contributed by atoms with van der Waals surface area (Å²) in [6.07, 6.45) is 0. The number of hydrogen-bond acceptors (Lipinski definition) is 6. The summed E-state index contributed by atoms with van der Waals surface area (Å²) in [6, 6.07) is 15.9. The van der Waals surface area contributed by atoms with Crippen LogP contribution >= 0.6 is 27.3 Å². The standard InChI is InChI=1S/C18H16BrN5OS/c1-23(2)14-7-3-12(4-8-14)17-20-21-18-24(17)22-16(26-18)11-25-15-9-5-13(19)6-10-15/h3-10H,11H2,1-2H3. The highest BCUT2D eigenvalue weighted by molar-refractivity contribution is 9.10. The highest BCUT2D eigenvalue weighted by Crippen LogP contribution is 2.24. The van der Waals surface area contributed by atoms with Crippen LogP contribution < -0.4 is 9.64 Å². The molecule has 0 amide bonds. The van der Waals surface area contributed by atoms with Crippen molar-refractivity contribution >= 4 is 37.9 Å². The normalized spacial score (nSPS) is 11.0. The molecule has 132 valence electrons. The molecule has 26 heavy (non-hydrogen) atoms. The molecule has 0 saturated heterocycles. The monoisotopic (exact) mass is 429 g/mol. The second kappa shape index (κ2) is 7.05. The van der Waals surface area contributed by atoms with Gasteiger partial charge in [-0.25, -0.2) is 0 Å². The number of anilines is 1. The smallest absolute Gasteiger partial charge is 0.235 e. The highest BCUT2D eigenvalue weighted by atomic mass is 79.9. The van der Waals surface area contributed by atoms with Crippen LogP contribution in [0.5, 0.6) is 5.75 Å². The summed E-state index contributed by atoms with van der Waals surface area (Å²) < 4.78 is 8.59. The Labute approximate surface area is 163 Å². The van der Waals surface area contributed by atoms with Crippen LogP contribution in [0.2, 0.25) is 0 Å². The van der Waals surface area contributed by atoms with E-state index in [0.717, 1.165) is 37.3 Å². The maximum atomic E-state index is 5.79. The van der Waals surface area contributed by atoms with Crippen molar-refractivity contribution < 1.29 is 4.74 Å². The Morgan fingerprint density at radius 1 is 1.04 bits per heavy atom. The third kappa shape index (κ3) is 3.42. The summed E-state index contributed by atoms with van der Waals surface area (Å²) in [6.45, 7) is 0.397. The van der Waals surface area contributed by atoms with E-state index in [2.05, 4.69) is 48.3 Å². The Balaban J connectivity index is 1.55. The van der Waals surface area contributed by atoms with E-state index in [1.54, 1.807) is 4.52 Å². The minimum absolute atomic E-state index is 0.397. The van der Waals surface area contributed by atoms with Gasteiger partial charge in [0.15, 0.2) is 10.8 Å². The first-order valence-corrected chi connectivity index (χ1v) is 9.58. The molecule has 0 aliphatic carbocycles. The predicted octanol–water partition coefficient (Wildman–Crippen LogP) is 4.26. The second-order valence-corrected chi connectivity index (χ2v) is 7.85. The minimum Gasteiger partial charge on any atom is -0.486 e. The Hall–Kier alpha value is -2.45. The third-order valence-electron chi connectivity index (χ3n) is 3.85. The molecule has 0 fully saturated rings. The van der Waals surface area contributed by atoms with Crippen LogP contribution in [-0.4, -0.2) is 33.9 Å². The lowest BCUT2D eigenvalue weighted by Crippen LogP contribution is -2.08. The van der Waals surface area contributed by atoms with Gasteiger partial charge in [-0.15, -0.1) is 10.2 Å². The van der Waals surface area contributed by atoms with Crippen LogP contribution in [0.3, 0.4) is 0 Å². The number of aromatic nitrogens is 4. The molecule has 8 heteroatoms. The van der Waals surface area contributed by atoms with Gasteiger partial charge in [-0.3, -0.25) is 0 Å². The van der Waals surface area contributed by atoms with E-state index in [1.807, 2.05) is 50.5 Å². The van der Waals surface area contributed by atoms with Crippen molar-refractivity contribution in [1.82, 2.24) is 19.8 Å². The highest BCUT2D eigenvalue weighted by Gasteiger charge is 2.14. The zero-order chi connectivity index (χ0) is 18.1. The Kier molecular flexibility index (Phi) is 4.60. The van der Waals surface area contributed by atoms with E-state index >= 15 is 0 Å². The van der Waals surface area contributed by atoms with E-state index in [9.17, 15) is 0 Å². The third-order valence-corrected chi connectivity index (χ3v) is 5.25. The van der Waals surface area contributed by atoms with Gasteiger partial charge in [0.05, 0.1) is 0 Å². The van der Waals surface area contributed by atoms with Gasteiger partial charge in [0.1, 0.15) is 12.4 Å². The molecule has 2 aromatic carbocycles. The van der Waals surface area contributed by atoms with Crippen molar-refractivity contribution in [3.05, 3.63) is 58.0 Å². The Morgan fingerprint density at radius 3 is 2.46 bits per heavy atom. The van der Waals surface area contributed by atoms with E-state index < -0.39 is 0 Å². The number of benzene rings is 2. The molecular formula is C18H16BrN5OS. The van der Waals surface area contributed by atoms with Gasteiger partial charge in [-0.1, -0.05) is 27.3 Å². The maximum Gasteiger partial charge on any atom is 0.235 e. The number of rotatable bonds is 5. The van der Waals surface area contributed by atoms with Crippen molar-refractivity contribution in [2.24, 2.45) is 0 Å². The summed E-state index contributed by atoms with van der Waals surface area (Å²) in [5.41, 5.74) is 2.12. The number of fused-ring (bicyclic) bond motifs is 1. The molecule has 2 aromatic heterocycles. The zero-order valence-electron chi connectivity index (χ0n) is 14.3. The first-order chi connectivity index (χ1) is 12.6. The number of halogens is 1. The molecule has 0 atom stereocenters. The predicted molar refractivity (Wildman–Crippen MR) is 107 cm³/mol. The van der Waals surface area contributed by atoms with Gasteiger partial charge in [0.25, 0.3) is 0 Å². The van der Waals surface area contributed by atoms with Crippen LogP contribution in [0.15, 0.2) is 53.0 Å². The number of nitrogens with zero attached hydrogens (tertiary/aromatic N) is 5. The second-order valence-electron chi connectivity index (χ2n) is 5.90. The lowest BCUT2D eigenvalue weighted by molar-refractivity contribution is 0.304. The van der Waals surface area contributed by atoms with Gasteiger partial charge in [-0.2, -0.15) is 9.61 Å². The quantitative estimate of drug-likeness (QED) is 0.474. The SMILES string of the molecule is CN(C)c1ccc(-c2nnc3sc(COc4ccc(Br)cc4)nn23)cc1. The fraction of sp³-hybridized carbons (Fsp3) is 0.167. The first kappa shape index (κ1) is 17.0. The van der Waals surface area contributed by atoms with Gasteiger partial charge in [0, 0.05) is 29.8 Å². The molecule has 0 radical (unpaired) electrons. The molecule has 0 bridgehead atoms. The minimum atomic E-state index is 0.397. The summed E-state index contributed by atoms with van der Waals surface area (Å²) in [5, 5.41) is 14.0. The molecule has 0 N–H and O–H groups in total. The van der Waals surface area contributed by atoms with E-state index in [1.165, 1.54) is 11.3 Å². The molecule has 2 heterocycles. The average molecular weight is 430 g/mol. The van der Waals surface area contributed by atoms with Gasteiger partial charge >= 0.3 is 0 Å². The van der Waals surface area contributed by atoms with Gasteiger partial charge < -0.3 is 9.64 Å². The molecule has 4 rings (SSSR count). The van der Waals surface area contributed by atoms with Crippen LogP contribution in [0.25, 0.3) is 16.3 Å². The van der Waals surface area contributed by atoms with Crippen LogP contribution in [0.1, 0.15) is 5.01 Å². The van der Waals surface area contributed by atoms with Crippen LogP contribution in [-0.2, 0) is 6.61 Å². The maximum absolute atomic E-state index is 5.79. The zero-order valence-corrected chi connectivity index (χ0v) is 16.7. The molecular weight excluding hydrogens is 414 g/mol. The molecule has 0 spiro atoms. The Bertz CT molecular complexity index is 1020. The average Bonchev–Trinajstić information content (AvgIpc) is 3.21. The molecule has 0 aliphatic rings. The lowest BCUT2D eigenvalue weighted by atomic mass is 10.2. The van der Waals surface area contributed by atoms with Crippen molar-refractivity contribution in [3.8, 4) is 17.1 Å². The largest absolute Gasteiger partial charge is 0.486 e. The topological polar surface area (TPSA) is 55.5 Å². The van der Waals surface area contributed by atoms with Crippen molar-refractivity contribution in [2.75, 3.05) is 19.0 Å². The van der Waals surface area contributed by atoms with E-state index in [-0.39, 0.29) is 0 Å². The number of hydrogen-bond donors (Lipinski definition) is 0. The summed E-state index contributed by atoms with van der Waals surface area (Å²) >= 11 is 4.89. The van der Waals surface area contributed by atoms with Gasteiger partial charge in [0.2, 0.25) is 4.96 Å². The van der Waals surface area contributed by atoms with Crippen LogP contribution in [0, 0.1) is 0 Å². The molecule has 6 nitrogen and oxygen atoms in total. The van der Waals surface area contributed by atoms with Crippen molar-refractivity contribution in [1.29, 1.82) is 0 Å². The summed E-state index contributed by atoms with van der Waals surface area (Å²) in [7, 11) is 4.03.